The lowest BCUT2D eigenvalue weighted by atomic mass is 9.82. The maximum absolute atomic E-state index is 13.4. The average Bonchev–Trinajstić information content (AvgIpc) is 3.31. The second kappa shape index (κ2) is 10.9. The minimum absolute atomic E-state index is 0.0267. The van der Waals surface area contributed by atoms with Crippen LogP contribution in [0.3, 0.4) is 0 Å². The summed E-state index contributed by atoms with van der Waals surface area (Å²) in [7, 11) is -3.94. The van der Waals surface area contributed by atoms with E-state index in [4.69, 9.17) is 4.74 Å². The molecule has 34 heavy (non-hydrogen) atoms. The monoisotopic (exact) mass is 495 g/mol. The second-order valence-electron chi connectivity index (χ2n) is 10.1. The zero-order chi connectivity index (χ0) is 24.2. The third kappa shape index (κ3) is 5.10. The van der Waals surface area contributed by atoms with Crippen LogP contribution < -0.4 is 5.48 Å². The molecule has 3 heterocycles. The quantitative estimate of drug-likeness (QED) is 0.251. The van der Waals surface area contributed by atoms with Crippen LogP contribution in [0.25, 0.3) is 0 Å². The highest BCUT2D eigenvalue weighted by molar-refractivity contribution is 7.91. The SMILES string of the molecule is O=C(C=CC=CC1CCN(S(=O)(=O)C2(C(=O)NO)CCOCC2)CC1)N1C[C@H]2CCCC[C@H]2C1. The van der Waals surface area contributed by atoms with Crippen molar-refractivity contribution in [3.63, 3.8) is 0 Å². The van der Waals surface area contributed by atoms with Gasteiger partial charge in [0.1, 0.15) is 0 Å². The largest absolute Gasteiger partial charge is 0.381 e. The number of ether oxygens (including phenoxy) is 1. The summed E-state index contributed by atoms with van der Waals surface area (Å²) in [5, 5.41) is 9.17. The normalized spacial score (nSPS) is 28.9. The first-order chi connectivity index (χ1) is 16.4. The van der Waals surface area contributed by atoms with Crippen LogP contribution in [-0.4, -0.2) is 78.8 Å². The molecule has 0 unspecified atom stereocenters. The molecule has 0 aromatic rings. The van der Waals surface area contributed by atoms with E-state index in [1.54, 1.807) is 17.6 Å². The fraction of sp³-hybridized carbons (Fsp3) is 0.750. The Hall–Kier alpha value is -1.75. The molecule has 0 bridgehead atoms. The maximum Gasteiger partial charge on any atom is 0.266 e. The van der Waals surface area contributed by atoms with Gasteiger partial charge in [0.2, 0.25) is 15.9 Å². The van der Waals surface area contributed by atoms with Crippen LogP contribution in [0.15, 0.2) is 24.3 Å². The van der Waals surface area contributed by atoms with E-state index in [0.717, 1.165) is 13.1 Å². The number of piperidine rings is 1. The number of nitrogens with zero attached hydrogens (tertiary/aromatic N) is 2. The van der Waals surface area contributed by atoms with Gasteiger partial charge in [-0.2, -0.15) is 0 Å². The summed E-state index contributed by atoms with van der Waals surface area (Å²) in [6.45, 7) is 2.72. The Bertz CT molecular complexity index is 890. The van der Waals surface area contributed by atoms with Gasteiger partial charge >= 0.3 is 0 Å². The van der Waals surface area contributed by atoms with Crippen LogP contribution in [0.2, 0.25) is 0 Å². The van der Waals surface area contributed by atoms with Crippen molar-refractivity contribution in [3.05, 3.63) is 24.3 Å². The summed E-state index contributed by atoms with van der Waals surface area (Å²) in [6.07, 6.45) is 13.7. The van der Waals surface area contributed by atoms with Crippen molar-refractivity contribution in [2.45, 2.75) is 56.1 Å². The Labute approximate surface area is 202 Å². The molecule has 4 fully saturated rings. The van der Waals surface area contributed by atoms with E-state index < -0.39 is 20.7 Å². The van der Waals surface area contributed by atoms with Crippen LogP contribution in [0, 0.1) is 17.8 Å². The van der Waals surface area contributed by atoms with E-state index in [9.17, 15) is 23.2 Å². The lowest BCUT2D eigenvalue weighted by Crippen LogP contribution is -2.60. The van der Waals surface area contributed by atoms with E-state index >= 15 is 0 Å². The van der Waals surface area contributed by atoms with Gasteiger partial charge in [-0.3, -0.25) is 14.8 Å². The molecule has 0 radical (unpaired) electrons. The Morgan fingerprint density at radius 1 is 0.971 bits per heavy atom. The van der Waals surface area contributed by atoms with Gasteiger partial charge in [-0.25, -0.2) is 18.2 Å². The van der Waals surface area contributed by atoms with E-state index in [1.807, 2.05) is 17.1 Å². The van der Waals surface area contributed by atoms with E-state index in [1.165, 1.54) is 30.0 Å². The lowest BCUT2D eigenvalue weighted by Gasteiger charge is -2.40. The van der Waals surface area contributed by atoms with Crippen molar-refractivity contribution < 1.29 is 28.0 Å². The number of hydrogen-bond acceptors (Lipinski definition) is 6. The van der Waals surface area contributed by atoms with Gasteiger partial charge in [-0.05, 0) is 43.4 Å². The molecule has 2 atom stereocenters. The van der Waals surface area contributed by atoms with Crippen molar-refractivity contribution in [3.8, 4) is 0 Å². The molecule has 2 amide bonds. The van der Waals surface area contributed by atoms with Crippen LogP contribution in [0.5, 0.6) is 0 Å². The van der Waals surface area contributed by atoms with Gasteiger partial charge in [-0.1, -0.05) is 31.1 Å². The van der Waals surface area contributed by atoms with Gasteiger partial charge < -0.3 is 9.64 Å². The number of allylic oxidation sites excluding steroid dienone is 3. The number of nitrogens with one attached hydrogen (secondary N) is 1. The highest BCUT2D eigenvalue weighted by Gasteiger charge is 2.54. The number of fused-ring (bicyclic) bond motifs is 1. The number of hydroxylamine groups is 1. The molecule has 1 saturated carbocycles. The zero-order valence-corrected chi connectivity index (χ0v) is 20.5. The zero-order valence-electron chi connectivity index (χ0n) is 19.7. The number of carbonyl (C=O) groups excluding carboxylic acids is 2. The molecule has 1 aliphatic carbocycles. The standard InChI is InChI=1S/C24H37N3O6S/c28-22(26-17-20-6-2-3-7-21(20)18-26)8-4-1-5-19-9-13-27(14-10-19)34(31,32)24(23(29)25-30)11-15-33-16-12-24/h1,4-5,8,19-21,30H,2-3,6-7,9-18H2,(H,25,29)/t20-,21+. The minimum atomic E-state index is -3.94. The Morgan fingerprint density at radius 2 is 1.59 bits per heavy atom. The Balaban J connectivity index is 1.28. The maximum atomic E-state index is 13.4. The fourth-order valence-electron chi connectivity index (χ4n) is 6.01. The number of likely N-dealkylation sites (tertiary alicyclic amines) is 1. The summed E-state index contributed by atoms with van der Waals surface area (Å²) >= 11 is 0. The van der Waals surface area contributed by atoms with Crippen molar-refractivity contribution >= 4 is 21.8 Å². The first kappa shape index (κ1) is 25.3. The Morgan fingerprint density at radius 3 is 2.18 bits per heavy atom. The molecule has 0 aromatic carbocycles. The molecule has 3 saturated heterocycles. The van der Waals surface area contributed by atoms with E-state index in [2.05, 4.69) is 0 Å². The molecule has 4 rings (SSSR count). The van der Waals surface area contributed by atoms with Crippen LogP contribution in [-0.2, 0) is 24.3 Å². The summed E-state index contributed by atoms with van der Waals surface area (Å²) < 4.78 is 31.7. The smallest absolute Gasteiger partial charge is 0.266 e. The molecule has 2 N–H and O–H groups in total. The first-order valence-electron chi connectivity index (χ1n) is 12.5. The first-order valence-corrected chi connectivity index (χ1v) is 14.0. The average molecular weight is 496 g/mol. The van der Waals surface area contributed by atoms with Gasteiger partial charge in [0.25, 0.3) is 5.91 Å². The predicted molar refractivity (Wildman–Crippen MR) is 126 cm³/mol. The molecular weight excluding hydrogens is 458 g/mol. The topological polar surface area (TPSA) is 116 Å². The molecule has 9 nitrogen and oxygen atoms in total. The number of sulfonamides is 1. The van der Waals surface area contributed by atoms with Crippen molar-refractivity contribution in [2.24, 2.45) is 17.8 Å². The van der Waals surface area contributed by atoms with Crippen LogP contribution in [0.4, 0.5) is 0 Å². The molecule has 4 aliphatic rings. The van der Waals surface area contributed by atoms with Gasteiger partial charge in [-0.15, -0.1) is 0 Å². The molecule has 10 heteroatoms. The number of amides is 2. The highest BCUT2D eigenvalue weighted by atomic mass is 32.2. The number of rotatable bonds is 6. The van der Waals surface area contributed by atoms with Gasteiger partial charge in [0.05, 0.1) is 0 Å². The Kier molecular flexibility index (Phi) is 8.12. The van der Waals surface area contributed by atoms with E-state index in [0.29, 0.717) is 37.8 Å². The van der Waals surface area contributed by atoms with Crippen LogP contribution in [0.1, 0.15) is 51.4 Å². The van der Waals surface area contributed by atoms with Crippen molar-refractivity contribution in [1.82, 2.24) is 14.7 Å². The van der Waals surface area contributed by atoms with Crippen LogP contribution >= 0.6 is 0 Å². The fourth-order valence-corrected chi connectivity index (χ4v) is 8.16. The van der Waals surface area contributed by atoms with Gasteiger partial charge in [0, 0.05) is 58.3 Å². The second-order valence-corrected chi connectivity index (χ2v) is 12.3. The summed E-state index contributed by atoms with van der Waals surface area (Å²) in [6, 6.07) is 0. The highest BCUT2D eigenvalue weighted by Crippen LogP contribution is 2.36. The van der Waals surface area contributed by atoms with Gasteiger partial charge in [0.15, 0.2) is 4.75 Å². The molecule has 0 aromatic heterocycles. The molecular formula is C24H37N3O6S. The number of hydrogen-bond donors (Lipinski definition) is 2. The third-order valence-electron chi connectivity index (χ3n) is 8.17. The van der Waals surface area contributed by atoms with Crippen molar-refractivity contribution in [2.75, 3.05) is 39.4 Å². The predicted octanol–water partition coefficient (Wildman–Crippen LogP) is 1.84. The van der Waals surface area contributed by atoms with Crippen molar-refractivity contribution in [1.29, 1.82) is 0 Å². The molecule has 3 aliphatic heterocycles. The summed E-state index contributed by atoms with van der Waals surface area (Å²) in [5.74, 6) is 0.741. The van der Waals surface area contributed by atoms with E-state index in [-0.39, 0.29) is 37.9 Å². The lowest BCUT2D eigenvalue weighted by molar-refractivity contribution is -0.134. The summed E-state index contributed by atoms with van der Waals surface area (Å²) in [5.41, 5.74) is 1.56. The summed E-state index contributed by atoms with van der Waals surface area (Å²) in [4.78, 5) is 26.9. The minimum Gasteiger partial charge on any atom is -0.381 e. The number of carbonyl (C=O) groups is 2. The molecule has 0 spiro atoms. The molecule has 190 valence electrons. The third-order valence-corrected chi connectivity index (χ3v) is 10.8.